The van der Waals surface area contributed by atoms with Crippen LogP contribution in [0.25, 0.3) is 0 Å². The number of rotatable bonds is 3. The number of nitrogens with zero attached hydrogens (tertiary/aromatic N) is 3. The minimum atomic E-state index is -0.318. The fraction of sp³-hybridized carbons (Fsp3) is 0.750. The molecule has 0 fully saturated rings. The summed E-state index contributed by atoms with van der Waals surface area (Å²) in [6.45, 7) is 3.97. The lowest BCUT2D eigenvalue weighted by Gasteiger charge is -2.11. The van der Waals surface area contributed by atoms with Crippen molar-refractivity contribution in [2.24, 2.45) is 13.0 Å². The molecule has 1 unspecified atom stereocenters. The third-order valence-electron chi connectivity index (χ3n) is 1.84. The molecule has 0 amide bonds. The first-order valence-corrected chi connectivity index (χ1v) is 4.13. The first-order chi connectivity index (χ1) is 5.59. The number of aromatic nitrogens is 3. The Hall–Kier alpha value is -0.900. The lowest BCUT2D eigenvalue weighted by molar-refractivity contribution is 0.124. The molecule has 68 valence electrons. The molecule has 1 aromatic heterocycles. The zero-order valence-electron chi connectivity index (χ0n) is 7.73. The Labute approximate surface area is 72.2 Å². The van der Waals surface area contributed by atoms with Gasteiger partial charge in [-0.05, 0) is 5.92 Å². The Morgan fingerprint density at radius 3 is 2.67 bits per heavy atom. The van der Waals surface area contributed by atoms with E-state index in [0.29, 0.717) is 6.42 Å². The molecule has 0 aliphatic rings. The van der Waals surface area contributed by atoms with E-state index < -0.39 is 0 Å². The summed E-state index contributed by atoms with van der Waals surface area (Å²) >= 11 is 0. The highest BCUT2D eigenvalue weighted by Crippen LogP contribution is 2.06. The Morgan fingerprint density at radius 2 is 2.25 bits per heavy atom. The van der Waals surface area contributed by atoms with Gasteiger partial charge in [-0.25, -0.2) is 0 Å². The lowest BCUT2D eigenvalue weighted by Crippen LogP contribution is -2.17. The molecule has 0 saturated heterocycles. The molecule has 4 nitrogen and oxygen atoms in total. The van der Waals surface area contributed by atoms with Crippen LogP contribution in [0.15, 0.2) is 6.20 Å². The number of aryl methyl sites for hydroxylation is 1. The van der Waals surface area contributed by atoms with Crippen LogP contribution < -0.4 is 0 Å². The van der Waals surface area contributed by atoms with Crippen molar-refractivity contribution < 1.29 is 5.11 Å². The summed E-state index contributed by atoms with van der Waals surface area (Å²) in [5.41, 5.74) is 0.846. The topological polar surface area (TPSA) is 50.9 Å². The average molecular weight is 169 g/mol. The predicted octanol–water partition coefficient (Wildman–Crippen LogP) is 0.374. The molecule has 1 atom stereocenters. The van der Waals surface area contributed by atoms with E-state index in [1.54, 1.807) is 4.68 Å². The van der Waals surface area contributed by atoms with Crippen LogP contribution in [0.3, 0.4) is 0 Å². The molecule has 0 aromatic carbocycles. The zero-order chi connectivity index (χ0) is 9.14. The van der Waals surface area contributed by atoms with Crippen molar-refractivity contribution in [2.75, 3.05) is 0 Å². The van der Waals surface area contributed by atoms with Gasteiger partial charge in [0.15, 0.2) is 0 Å². The van der Waals surface area contributed by atoms with Crippen LogP contribution in [0.5, 0.6) is 0 Å². The van der Waals surface area contributed by atoms with E-state index in [1.165, 1.54) is 0 Å². The van der Waals surface area contributed by atoms with Crippen molar-refractivity contribution in [3.05, 3.63) is 11.9 Å². The molecular weight excluding hydrogens is 154 g/mol. The van der Waals surface area contributed by atoms with Crippen molar-refractivity contribution in [3.8, 4) is 0 Å². The molecule has 0 aliphatic carbocycles. The van der Waals surface area contributed by atoms with Gasteiger partial charge in [-0.1, -0.05) is 19.1 Å². The summed E-state index contributed by atoms with van der Waals surface area (Å²) in [5, 5.41) is 17.2. The summed E-state index contributed by atoms with van der Waals surface area (Å²) in [4.78, 5) is 0. The standard InChI is InChI=1S/C8H15N3O/c1-6(2)8(12)4-7-5-11(3)10-9-7/h5-6,8,12H,4H2,1-3H3. The van der Waals surface area contributed by atoms with E-state index in [2.05, 4.69) is 10.3 Å². The summed E-state index contributed by atoms with van der Waals surface area (Å²) in [5.74, 6) is 0.270. The second-order valence-corrected chi connectivity index (χ2v) is 3.40. The quantitative estimate of drug-likeness (QED) is 0.711. The van der Waals surface area contributed by atoms with Crippen molar-refractivity contribution in [3.63, 3.8) is 0 Å². The molecule has 4 heteroatoms. The highest BCUT2D eigenvalue weighted by Gasteiger charge is 2.11. The van der Waals surface area contributed by atoms with Gasteiger partial charge in [-0.3, -0.25) is 4.68 Å². The van der Waals surface area contributed by atoms with E-state index >= 15 is 0 Å². The molecule has 1 aromatic rings. The van der Waals surface area contributed by atoms with Crippen molar-refractivity contribution in [1.82, 2.24) is 15.0 Å². The molecule has 0 bridgehead atoms. The molecule has 0 spiro atoms. The van der Waals surface area contributed by atoms with Crippen LogP contribution in [0.2, 0.25) is 0 Å². The third kappa shape index (κ3) is 2.30. The lowest BCUT2D eigenvalue weighted by atomic mass is 10.0. The van der Waals surface area contributed by atoms with E-state index in [0.717, 1.165) is 5.69 Å². The molecule has 0 radical (unpaired) electrons. The molecule has 0 saturated carbocycles. The Kier molecular flexibility index (Phi) is 2.81. The number of aliphatic hydroxyl groups is 1. The number of hydrogen-bond acceptors (Lipinski definition) is 3. The van der Waals surface area contributed by atoms with E-state index in [-0.39, 0.29) is 12.0 Å². The van der Waals surface area contributed by atoms with Gasteiger partial charge >= 0.3 is 0 Å². The molecule has 1 N–H and O–H groups in total. The monoisotopic (exact) mass is 169 g/mol. The van der Waals surface area contributed by atoms with Gasteiger partial charge in [0, 0.05) is 19.7 Å². The minimum Gasteiger partial charge on any atom is -0.392 e. The molecule has 1 rings (SSSR count). The summed E-state index contributed by atoms with van der Waals surface area (Å²) in [6.07, 6.45) is 2.10. The van der Waals surface area contributed by atoms with Crippen molar-refractivity contribution in [2.45, 2.75) is 26.4 Å². The highest BCUT2D eigenvalue weighted by molar-refractivity contribution is 4.94. The minimum absolute atomic E-state index is 0.270. The first kappa shape index (κ1) is 9.19. The molecule has 12 heavy (non-hydrogen) atoms. The van der Waals surface area contributed by atoms with Crippen molar-refractivity contribution >= 4 is 0 Å². The van der Waals surface area contributed by atoms with Gasteiger partial charge in [0.05, 0.1) is 11.8 Å². The normalized spacial score (nSPS) is 13.8. The maximum Gasteiger partial charge on any atom is 0.0852 e. The van der Waals surface area contributed by atoms with Gasteiger partial charge < -0.3 is 5.11 Å². The van der Waals surface area contributed by atoms with Crippen LogP contribution in [-0.4, -0.2) is 26.2 Å². The van der Waals surface area contributed by atoms with Crippen LogP contribution >= 0.6 is 0 Å². The van der Waals surface area contributed by atoms with E-state index in [4.69, 9.17) is 0 Å². The maximum absolute atomic E-state index is 9.51. The fourth-order valence-corrected chi connectivity index (χ4v) is 0.939. The maximum atomic E-state index is 9.51. The van der Waals surface area contributed by atoms with Gasteiger partial charge in [-0.15, -0.1) is 5.10 Å². The zero-order valence-corrected chi connectivity index (χ0v) is 7.73. The smallest absolute Gasteiger partial charge is 0.0852 e. The third-order valence-corrected chi connectivity index (χ3v) is 1.84. The summed E-state index contributed by atoms with van der Waals surface area (Å²) < 4.78 is 1.64. The van der Waals surface area contributed by atoms with E-state index in [9.17, 15) is 5.11 Å². The van der Waals surface area contributed by atoms with Gasteiger partial charge in [0.2, 0.25) is 0 Å². The number of aliphatic hydroxyl groups excluding tert-OH is 1. The van der Waals surface area contributed by atoms with Crippen LogP contribution in [0.1, 0.15) is 19.5 Å². The van der Waals surface area contributed by atoms with Crippen LogP contribution in [0, 0.1) is 5.92 Å². The Morgan fingerprint density at radius 1 is 1.58 bits per heavy atom. The summed E-state index contributed by atoms with van der Waals surface area (Å²) in [7, 11) is 1.82. The summed E-state index contributed by atoms with van der Waals surface area (Å²) in [6, 6.07) is 0. The molecule has 1 heterocycles. The van der Waals surface area contributed by atoms with E-state index in [1.807, 2.05) is 27.1 Å². The number of hydrogen-bond donors (Lipinski definition) is 1. The Bertz CT molecular complexity index is 244. The first-order valence-electron chi connectivity index (χ1n) is 4.13. The molecular formula is C8H15N3O. The van der Waals surface area contributed by atoms with Crippen molar-refractivity contribution in [1.29, 1.82) is 0 Å². The fourth-order valence-electron chi connectivity index (χ4n) is 0.939. The van der Waals surface area contributed by atoms with Gasteiger partial charge in [0.25, 0.3) is 0 Å². The van der Waals surface area contributed by atoms with Gasteiger partial charge in [-0.2, -0.15) is 0 Å². The molecule has 0 aliphatic heterocycles. The van der Waals surface area contributed by atoms with Crippen LogP contribution in [0.4, 0.5) is 0 Å². The highest BCUT2D eigenvalue weighted by atomic mass is 16.3. The predicted molar refractivity (Wildman–Crippen MR) is 45.6 cm³/mol. The largest absolute Gasteiger partial charge is 0.392 e. The Balaban J connectivity index is 2.52. The van der Waals surface area contributed by atoms with Gasteiger partial charge in [0.1, 0.15) is 0 Å². The SMILES string of the molecule is CC(C)C(O)Cc1cn(C)nn1. The average Bonchev–Trinajstić information content (AvgIpc) is 2.35. The van der Waals surface area contributed by atoms with Crippen LogP contribution in [-0.2, 0) is 13.5 Å². The second-order valence-electron chi connectivity index (χ2n) is 3.40. The second kappa shape index (κ2) is 3.67.